The van der Waals surface area contributed by atoms with Crippen LogP contribution in [0.25, 0.3) is 38.1 Å². The Hall–Kier alpha value is -8.44. The molecule has 2 aromatic heterocycles. The van der Waals surface area contributed by atoms with Crippen molar-refractivity contribution in [1.29, 1.82) is 10.5 Å². The van der Waals surface area contributed by atoms with Crippen molar-refractivity contribution in [3.05, 3.63) is 260 Å². The normalized spacial score (nSPS) is 20.6. The molecule has 2 heterocycles. The first-order chi connectivity index (χ1) is 32.2. The summed E-state index contributed by atoms with van der Waals surface area (Å²) in [7, 11) is 0. The second-order valence-electron chi connectivity index (χ2n) is 18.8. The van der Waals surface area contributed by atoms with Crippen LogP contribution in [0, 0.1) is 22.7 Å². The Morgan fingerprint density at radius 2 is 0.892 bits per heavy atom. The molecule has 4 nitrogen and oxygen atoms in total. The van der Waals surface area contributed by atoms with E-state index in [1.165, 1.54) is 82.7 Å². The van der Waals surface area contributed by atoms with Gasteiger partial charge in [0.05, 0.1) is 39.8 Å². The van der Waals surface area contributed by atoms with Gasteiger partial charge in [0.15, 0.2) is 0 Å². The van der Waals surface area contributed by atoms with Crippen LogP contribution in [0.5, 0.6) is 0 Å². The Bertz CT molecular complexity index is 3980. The monoisotopic (exact) mass is 822 g/mol. The molecule has 0 aliphatic heterocycles. The van der Waals surface area contributed by atoms with Gasteiger partial charge in [-0.05, 0) is 115 Å². The van der Waals surface area contributed by atoms with Crippen molar-refractivity contribution < 1.29 is 0 Å². The molecule has 0 N–H and O–H groups in total. The van der Waals surface area contributed by atoms with Gasteiger partial charge < -0.3 is 9.30 Å². The summed E-state index contributed by atoms with van der Waals surface area (Å²) in [5.41, 5.74) is 23.2. The molecule has 0 radical (unpaired) electrons. The number of nitriles is 2. The lowest BCUT2D eigenvalue weighted by atomic mass is 9.42. The first-order valence-electron chi connectivity index (χ1n) is 22.7. The molecule has 0 amide bonds. The summed E-state index contributed by atoms with van der Waals surface area (Å²) in [5.74, 6) is 0.210. The molecule has 3 unspecified atom stereocenters. The number of rotatable bonds is 3. The molecular formula is C61H34N4. The summed E-state index contributed by atoms with van der Waals surface area (Å²) in [6, 6.07) is 72.0. The Labute approximate surface area is 374 Å². The van der Waals surface area contributed by atoms with Crippen LogP contribution >= 0.6 is 0 Å². The minimum atomic E-state index is -0.281. The molecule has 4 heteroatoms. The minimum absolute atomic E-state index is 0.0435. The maximum absolute atomic E-state index is 11.3. The Morgan fingerprint density at radius 1 is 0.431 bits per heavy atom. The van der Waals surface area contributed by atoms with Crippen molar-refractivity contribution in [3.8, 4) is 12.1 Å². The number of aromatic nitrogens is 1. The highest BCUT2D eigenvalue weighted by Gasteiger charge is 2.70. The highest BCUT2D eigenvalue weighted by Crippen LogP contribution is 2.79. The maximum atomic E-state index is 11.3. The van der Waals surface area contributed by atoms with Crippen molar-refractivity contribution >= 4 is 55.2 Å². The summed E-state index contributed by atoms with van der Waals surface area (Å²) >= 11 is 0. The van der Waals surface area contributed by atoms with Gasteiger partial charge in [-0.3, -0.25) is 0 Å². The van der Waals surface area contributed by atoms with Gasteiger partial charge in [-0.1, -0.05) is 133 Å². The van der Waals surface area contributed by atoms with E-state index in [0.717, 1.165) is 50.3 Å². The number of hydrogen-bond acceptors (Lipinski definition) is 3. The van der Waals surface area contributed by atoms with Crippen LogP contribution in [0.2, 0.25) is 0 Å². The number of benzene rings is 9. The Morgan fingerprint density at radius 3 is 1.48 bits per heavy atom. The van der Waals surface area contributed by atoms with Crippen molar-refractivity contribution in [3.63, 3.8) is 0 Å². The third-order valence-corrected chi connectivity index (χ3v) is 16.4. The maximum Gasteiger partial charge on any atom is 0.0995 e. The molecule has 2 bridgehead atoms. The Balaban J connectivity index is 1.11. The minimum Gasteiger partial charge on any atom is -0.310 e. The summed E-state index contributed by atoms with van der Waals surface area (Å²) in [5, 5.41) is 27.4. The zero-order chi connectivity index (χ0) is 42.4. The average molecular weight is 823 g/mol. The molecular weight excluding hydrogens is 789 g/mol. The number of nitrogens with zero attached hydrogens (tertiary/aromatic N) is 4. The molecule has 9 aromatic carbocycles. The van der Waals surface area contributed by atoms with Crippen molar-refractivity contribution in [2.45, 2.75) is 29.1 Å². The van der Waals surface area contributed by atoms with Crippen LogP contribution in [-0.4, -0.2) is 4.40 Å². The molecule has 1 spiro atoms. The van der Waals surface area contributed by atoms with E-state index in [1.54, 1.807) is 0 Å². The first-order valence-corrected chi connectivity index (χ1v) is 22.7. The lowest BCUT2D eigenvalue weighted by molar-refractivity contribution is 0.336. The Kier molecular flexibility index (Phi) is 6.07. The molecule has 0 fully saturated rings. The average Bonchev–Trinajstić information content (AvgIpc) is 3.93. The smallest absolute Gasteiger partial charge is 0.0995 e. The topological polar surface area (TPSA) is 55.2 Å². The third-order valence-electron chi connectivity index (χ3n) is 16.4. The molecule has 3 atom stereocenters. The summed E-state index contributed by atoms with van der Waals surface area (Å²) in [4.78, 5) is 2.40. The predicted octanol–water partition coefficient (Wildman–Crippen LogP) is 13.9. The van der Waals surface area contributed by atoms with Crippen LogP contribution in [0.1, 0.15) is 102 Å². The van der Waals surface area contributed by atoms with Gasteiger partial charge in [-0.15, -0.1) is 0 Å². The third kappa shape index (κ3) is 3.70. The van der Waals surface area contributed by atoms with Gasteiger partial charge in [0.2, 0.25) is 0 Å². The highest BCUT2D eigenvalue weighted by molar-refractivity contribution is 6.27. The van der Waals surface area contributed by atoms with Crippen LogP contribution in [0.3, 0.4) is 0 Å². The fourth-order valence-electron chi connectivity index (χ4n) is 14.4. The molecule has 65 heavy (non-hydrogen) atoms. The van der Waals surface area contributed by atoms with E-state index in [-0.39, 0.29) is 29.1 Å². The summed E-state index contributed by atoms with van der Waals surface area (Å²) in [6.45, 7) is 0. The molecule has 298 valence electrons. The molecule has 0 saturated carbocycles. The van der Waals surface area contributed by atoms with E-state index in [9.17, 15) is 10.5 Å². The highest BCUT2D eigenvalue weighted by atomic mass is 15.1. The van der Waals surface area contributed by atoms with Gasteiger partial charge in [-0.25, -0.2) is 0 Å². The largest absolute Gasteiger partial charge is 0.310 e. The van der Waals surface area contributed by atoms with E-state index < -0.39 is 0 Å². The van der Waals surface area contributed by atoms with Gasteiger partial charge in [-0.2, -0.15) is 10.5 Å². The number of hydrogen-bond donors (Lipinski definition) is 0. The van der Waals surface area contributed by atoms with Crippen molar-refractivity contribution in [1.82, 2.24) is 4.40 Å². The van der Waals surface area contributed by atoms with E-state index in [1.807, 2.05) is 0 Å². The standard InChI is InChI=1S/C61H34N4/c62-31-33-27-48-54(56-50(33)52-38-19-7-9-21-40(38)53(56)41-22-10-8-20-39(41)52)45-29-37(64(35-15-3-1-4-16-35)36-17-5-2-6-18-36)30-46-55-49(65(48)60(45)46)28-34(32-63)51-58-43-24-12-11-23-42(43)57-44-25-13-14-26-47(44)61(57,58)59(51)55/h1-30,52-53,57-58H. The summed E-state index contributed by atoms with van der Waals surface area (Å²) < 4.78 is 2.45. The quantitative estimate of drug-likeness (QED) is 0.178. The zero-order valence-corrected chi connectivity index (χ0v) is 34.9. The van der Waals surface area contributed by atoms with E-state index in [2.05, 4.69) is 203 Å². The second-order valence-corrected chi connectivity index (χ2v) is 18.8. The lowest BCUT2D eigenvalue weighted by Gasteiger charge is -2.59. The zero-order valence-electron chi connectivity index (χ0n) is 34.9. The van der Waals surface area contributed by atoms with Gasteiger partial charge in [0, 0.05) is 67.7 Å². The number of anilines is 3. The fourth-order valence-corrected chi connectivity index (χ4v) is 14.4. The van der Waals surface area contributed by atoms with Crippen molar-refractivity contribution in [2.75, 3.05) is 4.90 Å². The van der Waals surface area contributed by atoms with E-state index in [4.69, 9.17) is 0 Å². The second kappa shape index (κ2) is 11.6. The van der Waals surface area contributed by atoms with Crippen LogP contribution in [0.15, 0.2) is 182 Å². The van der Waals surface area contributed by atoms with Gasteiger partial charge >= 0.3 is 0 Å². The molecule has 6 aliphatic carbocycles. The van der Waals surface area contributed by atoms with Crippen LogP contribution in [0.4, 0.5) is 17.1 Å². The van der Waals surface area contributed by atoms with Crippen LogP contribution < -0.4 is 4.90 Å². The van der Waals surface area contributed by atoms with Gasteiger partial charge in [0.25, 0.3) is 0 Å². The first kappa shape index (κ1) is 34.1. The fraction of sp³-hybridized carbons (Fsp3) is 0.0820. The van der Waals surface area contributed by atoms with Crippen molar-refractivity contribution in [2.24, 2.45) is 0 Å². The molecule has 11 aromatic rings. The van der Waals surface area contributed by atoms with Crippen LogP contribution in [-0.2, 0) is 5.41 Å². The molecule has 6 aliphatic rings. The van der Waals surface area contributed by atoms with Gasteiger partial charge in [0.1, 0.15) is 0 Å². The predicted molar refractivity (Wildman–Crippen MR) is 257 cm³/mol. The van der Waals surface area contributed by atoms with E-state index in [0.29, 0.717) is 0 Å². The summed E-state index contributed by atoms with van der Waals surface area (Å²) in [6.07, 6.45) is 0. The molecule has 0 saturated heterocycles. The lowest BCUT2D eigenvalue weighted by Crippen LogP contribution is -2.53. The molecule has 17 rings (SSSR count). The SMILES string of the molecule is N#Cc1cc2c(c3c1C1c4ccccc4C3c3ccccc31)c1cc(N(c3ccccc3)c3ccccc3)cc3c4c5c(c(C#N)cc4n2c13)C1c2ccccc2C2c3ccccc3C521. The number of para-hydroxylation sites is 2. The number of fused-ring (bicyclic) bond motifs is 14. The van der Waals surface area contributed by atoms with E-state index >= 15 is 0 Å².